The molecule has 0 bridgehead atoms. The Kier molecular flexibility index (Phi) is 7.03. The molecule has 0 saturated heterocycles. The van der Waals surface area contributed by atoms with Crippen LogP contribution >= 0.6 is 11.3 Å². The first-order chi connectivity index (χ1) is 28.3. The van der Waals surface area contributed by atoms with Crippen LogP contribution in [0.25, 0.3) is 115 Å². The first-order valence-corrected chi connectivity index (χ1v) is 19.8. The Morgan fingerprint density at radius 3 is 1.58 bits per heavy atom. The third kappa shape index (κ3) is 4.98. The number of fused-ring (bicyclic) bond motifs is 9. The van der Waals surface area contributed by atoms with Crippen molar-refractivity contribution in [3.05, 3.63) is 182 Å². The first kappa shape index (κ1) is 31.9. The molecule has 0 N–H and O–H groups in total. The molecule has 6 heteroatoms. The molecule has 5 nitrogen and oxygen atoms in total. The van der Waals surface area contributed by atoms with Gasteiger partial charge in [0.05, 0.1) is 11.0 Å². The van der Waals surface area contributed by atoms with Crippen molar-refractivity contribution in [3.8, 4) is 51.0 Å². The van der Waals surface area contributed by atoms with Gasteiger partial charge in [0.15, 0.2) is 17.5 Å². The van der Waals surface area contributed by atoms with Gasteiger partial charge in [-0.3, -0.25) is 0 Å². The minimum absolute atomic E-state index is 0.651. The number of nitrogens with zero attached hydrogens (tertiary/aromatic N) is 4. The number of aromatic nitrogens is 4. The van der Waals surface area contributed by atoms with Crippen molar-refractivity contribution in [3.63, 3.8) is 0 Å². The van der Waals surface area contributed by atoms with Crippen molar-refractivity contribution in [1.29, 1.82) is 0 Å². The van der Waals surface area contributed by atoms with E-state index in [1.165, 1.54) is 42.8 Å². The number of rotatable bonds is 5. The molecule has 0 aliphatic rings. The predicted octanol–water partition coefficient (Wildman–Crippen LogP) is 13.9. The third-order valence-corrected chi connectivity index (χ3v) is 12.4. The number of thiophene rings is 1. The highest BCUT2D eigenvalue weighted by Crippen LogP contribution is 2.46. The van der Waals surface area contributed by atoms with E-state index in [1.54, 1.807) is 11.3 Å². The van der Waals surface area contributed by atoms with E-state index in [-0.39, 0.29) is 0 Å². The van der Waals surface area contributed by atoms with Gasteiger partial charge in [-0.05, 0) is 42.0 Å². The fourth-order valence-corrected chi connectivity index (χ4v) is 9.85. The normalized spacial score (nSPS) is 11.9. The van der Waals surface area contributed by atoms with Gasteiger partial charge in [-0.2, -0.15) is 0 Å². The quantitative estimate of drug-likeness (QED) is 0.176. The van der Waals surface area contributed by atoms with Crippen LogP contribution < -0.4 is 0 Å². The summed E-state index contributed by atoms with van der Waals surface area (Å²) in [5, 5.41) is 7.07. The van der Waals surface area contributed by atoms with E-state index < -0.39 is 0 Å². The summed E-state index contributed by atoms with van der Waals surface area (Å²) >= 11 is 1.79. The van der Waals surface area contributed by atoms with Crippen molar-refractivity contribution in [2.45, 2.75) is 0 Å². The molecule has 0 saturated carbocycles. The highest BCUT2D eigenvalue weighted by Gasteiger charge is 2.21. The molecule has 57 heavy (non-hydrogen) atoms. The summed E-state index contributed by atoms with van der Waals surface area (Å²) in [4.78, 5) is 15.1. The van der Waals surface area contributed by atoms with Crippen LogP contribution in [-0.2, 0) is 0 Å². The zero-order valence-electron chi connectivity index (χ0n) is 30.4. The van der Waals surface area contributed by atoms with Gasteiger partial charge in [-0.1, -0.05) is 140 Å². The Labute approximate surface area is 330 Å². The zero-order valence-corrected chi connectivity index (χ0v) is 31.2. The fraction of sp³-hybridized carbons (Fsp3) is 0. The van der Waals surface area contributed by atoms with Gasteiger partial charge in [-0.15, -0.1) is 11.3 Å². The number of hydrogen-bond acceptors (Lipinski definition) is 5. The topological polar surface area (TPSA) is 56.7 Å². The molecule has 8 aromatic carbocycles. The van der Waals surface area contributed by atoms with Gasteiger partial charge in [-0.25, -0.2) is 15.0 Å². The first-order valence-electron chi connectivity index (χ1n) is 19.0. The van der Waals surface area contributed by atoms with E-state index in [0.29, 0.717) is 17.5 Å². The van der Waals surface area contributed by atoms with E-state index in [1.807, 2.05) is 60.7 Å². The molecule has 0 unspecified atom stereocenters. The van der Waals surface area contributed by atoms with Crippen LogP contribution in [0.4, 0.5) is 0 Å². The Bertz CT molecular complexity index is 3420. The van der Waals surface area contributed by atoms with Crippen LogP contribution in [0, 0.1) is 0 Å². The van der Waals surface area contributed by atoms with Gasteiger partial charge < -0.3 is 8.98 Å². The number of benzene rings is 8. The summed E-state index contributed by atoms with van der Waals surface area (Å²) in [5.74, 6) is 1.96. The van der Waals surface area contributed by atoms with Crippen molar-refractivity contribution in [2.24, 2.45) is 0 Å². The lowest BCUT2D eigenvalue weighted by Gasteiger charge is -2.09. The second-order valence-electron chi connectivity index (χ2n) is 14.3. The smallest absolute Gasteiger partial charge is 0.165 e. The molecule has 0 spiro atoms. The van der Waals surface area contributed by atoms with Crippen LogP contribution in [0.3, 0.4) is 0 Å². The van der Waals surface area contributed by atoms with E-state index in [9.17, 15) is 0 Å². The molecule has 12 rings (SSSR count). The van der Waals surface area contributed by atoms with Gasteiger partial charge >= 0.3 is 0 Å². The summed E-state index contributed by atoms with van der Waals surface area (Å²) < 4.78 is 11.4. The largest absolute Gasteiger partial charge is 0.456 e. The highest BCUT2D eigenvalue weighted by atomic mass is 32.1. The molecule has 0 fully saturated rings. The van der Waals surface area contributed by atoms with Gasteiger partial charge in [0, 0.05) is 75.7 Å². The van der Waals surface area contributed by atoms with Gasteiger partial charge in [0.1, 0.15) is 11.2 Å². The Morgan fingerprint density at radius 2 is 0.912 bits per heavy atom. The number of para-hydroxylation sites is 2. The summed E-state index contributed by atoms with van der Waals surface area (Å²) in [6.45, 7) is 0. The van der Waals surface area contributed by atoms with E-state index in [4.69, 9.17) is 19.4 Å². The van der Waals surface area contributed by atoms with Crippen molar-refractivity contribution in [1.82, 2.24) is 19.5 Å². The Hall–Kier alpha value is -7.41. The van der Waals surface area contributed by atoms with Gasteiger partial charge in [0.2, 0.25) is 0 Å². The van der Waals surface area contributed by atoms with E-state index in [2.05, 4.69) is 126 Å². The second kappa shape index (κ2) is 12.6. The maximum absolute atomic E-state index is 6.69. The molecule has 0 aliphatic heterocycles. The molecule has 0 aliphatic carbocycles. The molecular formula is C51H30N4OS. The molecule has 12 aromatic rings. The average Bonchev–Trinajstić information content (AvgIpc) is 3.96. The zero-order chi connectivity index (χ0) is 37.5. The van der Waals surface area contributed by atoms with E-state index >= 15 is 0 Å². The van der Waals surface area contributed by atoms with E-state index in [0.717, 1.165) is 54.6 Å². The molecule has 0 amide bonds. The Balaban J connectivity index is 1.04. The fourth-order valence-electron chi connectivity index (χ4n) is 8.52. The van der Waals surface area contributed by atoms with Crippen LogP contribution in [0.2, 0.25) is 0 Å². The third-order valence-electron chi connectivity index (χ3n) is 11.1. The van der Waals surface area contributed by atoms with Gasteiger partial charge in [0.25, 0.3) is 0 Å². The summed E-state index contributed by atoms with van der Waals surface area (Å²) in [6.07, 6.45) is 0. The predicted molar refractivity (Wildman–Crippen MR) is 236 cm³/mol. The molecule has 4 heterocycles. The standard InChI is InChI=1S/C51H30N4OS/c1-3-14-31(15-4-1)49-52-50(32-16-5-2-6-17-32)54-51(53-49)41-24-12-23-39-38-22-11-21-37(47(38)57-48(39)41)36-20-13-27-44-46(36)40-29-28-33(30-45(40)56-44)55-42-25-9-7-18-34(42)35-19-8-10-26-43(35)55/h1-30H. The minimum Gasteiger partial charge on any atom is -0.456 e. The summed E-state index contributed by atoms with van der Waals surface area (Å²) in [6, 6.07) is 63.6. The van der Waals surface area contributed by atoms with Crippen LogP contribution in [0.1, 0.15) is 0 Å². The SMILES string of the molecule is c1ccc(-c2nc(-c3ccccc3)nc(-c3cccc4c3sc3c(-c5cccc6oc7cc(-n8c9ccccc9c9ccccc98)ccc7c56)cccc34)n2)cc1. The number of hydrogen-bond donors (Lipinski definition) is 0. The molecule has 266 valence electrons. The summed E-state index contributed by atoms with van der Waals surface area (Å²) in [7, 11) is 0. The summed E-state index contributed by atoms with van der Waals surface area (Å²) in [5.41, 5.74) is 10.4. The minimum atomic E-state index is 0.651. The Morgan fingerprint density at radius 1 is 0.386 bits per heavy atom. The van der Waals surface area contributed by atoms with Crippen LogP contribution in [-0.4, -0.2) is 19.5 Å². The van der Waals surface area contributed by atoms with Crippen LogP contribution in [0.5, 0.6) is 0 Å². The molecule has 0 atom stereocenters. The van der Waals surface area contributed by atoms with Crippen LogP contribution in [0.15, 0.2) is 186 Å². The maximum Gasteiger partial charge on any atom is 0.165 e. The average molecular weight is 747 g/mol. The lowest BCUT2D eigenvalue weighted by molar-refractivity contribution is 0.668. The second-order valence-corrected chi connectivity index (χ2v) is 15.4. The molecule has 0 radical (unpaired) electrons. The highest BCUT2D eigenvalue weighted by molar-refractivity contribution is 7.26. The maximum atomic E-state index is 6.69. The number of furan rings is 1. The lowest BCUT2D eigenvalue weighted by atomic mass is 9.97. The lowest BCUT2D eigenvalue weighted by Crippen LogP contribution is -2.00. The monoisotopic (exact) mass is 746 g/mol. The van der Waals surface area contributed by atoms with Crippen molar-refractivity contribution < 1.29 is 4.42 Å². The van der Waals surface area contributed by atoms with Crippen molar-refractivity contribution in [2.75, 3.05) is 0 Å². The van der Waals surface area contributed by atoms with Crippen molar-refractivity contribution >= 4 is 75.3 Å². The molecule has 4 aromatic heterocycles. The molecular weight excluding hydrogens is 717 g/mol.